The van der Waals surface area contributed by atoms with Crippen LogP contribution in [0.25, 0.3) is 0 Å². The van der Waals surface area contributed by atoms with E-state index in [1.165, 1.54) is 17.3 Å². The second-order valence-corrected chi connectivity index (χ2v) is 10.4. The van der Waals surface area contributed by atoms with Crippen molar-refractivity contribution in [2.75, 3.05) is 25.4 Å². The summed E-state index contributed by atoms with van der Waals surface area (Å²) in [6.07, 6.45) is 6.22. The Kier molecular flexibility index (Phi) is 5.93. The number of nitrogens with two attached hydrogens (primary N) is 4. The van der Waals surface area contributed by atoms with Gasteiger partial charge in [0.1, 0.15) is 16.7 Å². The number of anilines is 1. The highest BCUT2D eigenvalue weighted by Gasteiger charge is 2.46. The lowest BCUT2D eigenvalue weighted by Crippen LogP contribution is -2.53. The maximum Gasteiger partial charge on any atom is 0.248 e. The number of carbonyl (C=O) groups is 1. The number of rotatable bonds is 4. The first-order valence-electron chi connectivity index (χ1n) is 11.1. The number of fused-ring (bicyclic) bond motifs is 1. The molecule has 1 fully saturated rings. The number of nitrogens with zero attached hydrogens (tertiary/aromatic N) is 4. The molecule has 1 aromatic heterocycles. The first-order chi connectivity index (χ1) is 16.3. The molecule has 3 heterocycles. The zero-order valence-electron chi connectivity index (χ0n) is 18.6. The minimum Gasteiger partial charge on any atom is -0.382 e. The number of nitrogen functional groups attached to an aromatic ring is 1. The molecule has 9 nitrogen and oxygen atoms in total. The van der Waals surface area contributed by atoms with Gasteiger partial charge in [0.2, 0.25) is 5.91 Å². The highest BCUT2D eigenvalue weighted by molar-refractivity contribution is 8.03. The number of pyridine rings is 1. The summed E-state index contributed by atoms with van der Waals surface area (Å²) in [5, 5.41) is 5.40. The Balaban J connectivity index is 1.30. The van der Waals surface area contributed by atoms with Crippen LogP contribution in [0, 0.1) is 5.41 Å². The predicted molar refractivity (Wildman–Crippen MR) is 135 cm³/mol. The largest absolute Gasteiger partial charge is 0.382 e. The summed E-state index contributed by atoms with van der Waals surface area (Å²) in [4.78, 5) is 20.9. The van der Waals surface area contributed by atoms with Gasteiger partial charge in [0, 0.05) is 42.0 Å². The van der Waals surface area contributed by atoms with Crippen molar-refractivity contribution >= 4 is 41.3 Å². The molecule has 2 aromatic rings. The van der Waals surface area contributed by atoms with E-state index >= 15 is 0 Å². The van der Waals surface area contributed by atoms with Gasteiger partial charge in [-0.2, -0.15) is 0 Å². The van der Waals surface area contributed by atoms with Gasteiger partial charge in [-0.3, -0.25) is 9.80 Å². The summed E-state index contributed by atoms with van der Waals surface area (Å²) >= 11 is 7.68. The van der Waals surface area contributed by atoms with Crippen LogP contribution < -0.4 is 22.9 Å². The zero-order valence-corrected chi connectivity index (χ0v) is 20.1. The minimum atomic E-state index is -0.427. The standard InChI is InChI=1S/C23H27ClN8OS/c24-17-16(3-6-29-19(17)26)34-22-20(27)32(10-7-30-22)31-8-4-23(5-9-31)12-14-2-1-13(21(28)33)11-15(14)18(23)25/h1-3,6-7,11,18H,4-5,8-10,12,25,27H2,(H2,26,29)(H2,28,33)/t18-/m1/s1. The molecular formula is C23H27ClN8OS. The Morgan fingerprint density at radius 3 is 2.71 bits per heavy atom. The normalized spacial score (nSPS) is 21.8. The molecule has 1 saturated heterocycles. The van der Waals surface area contributed by atoms with Gasteiger partial charge in [-0.05, 0) is 54.0 Å². The third-order valence-corrected chi connectivity index (χ3v) is 8.67. The summed E-state index contributed by atoms with van der Waals surface area (Å²) < 4.78 is 0. The first kappa shape index (κ1) is 23.0. The average molecular weight is 499 g/mol. The van der Waals surface area contributed by atoms with Gasteiger partial charge in [0.15, 0.2) is 0 Å². The molecule has 1 amide bonds. The molecule has 1 aliphatic carbocycles. The Bertz CT molecular complexity index is 1210. The van der Waals surface area contributed by atoms with E-state index in [2.05, 4.69) is 20.0 Å². The SMILES string of the molecule is NC(=O)c1ccc2c(c1)[C@@H](N)C1(CCN(N3CC=NC(Sc4ccnc(N)c4Cl)=C3N)CC1)C2. The molecule has 1 spiro atoms. The number of primary amides is 1. The molecule has 0 radical (unpaired) electrons. The monoisotopic (exact) mass is 498 g/mol. The van der Waals surface area contributed by atoms with E-state index in [4.69, 9.17) is 34.5 Å². The minimum absolute atomic E-state index is 0.0306. The van der Waals surface area contributed by atoms with E-state index in [-0.39, 0.29) is 17.3 Å². The van der Waals surface area contributed by atoms with Crippen molar-refractivity contribution < 1.29 is 4.79 Å². The third kappa shape index (κ3) is 3.90. The summed E-state index contributed by atoms with van der Waals surface area (Å²) in [6, 6.07) is 7.34. The lowest BCUT2D eigenvalue weighted by atomic mass is 9.73. The van der Waals surface area contributed by atoms with Crippen molar-refractivity contribution in [2.24, 2.45) is 27.6 Å². The fraction of sp³-hybridized carbons (Fsp3) is 0.348. The molecule has 34 heavy (non-hydrogen) atoms. The van der Waals surface area contributed by atoms with Crippen molar-refractivity contribution in [1.82, 2.24) is 15.0 Å². The first-order valence-corrected chi connectivity index (χ1v) is 12.3. The van der Waals surface area contributed by atoms with Gasteiger partial charge < -0.3 is 22.9 Å². The number of hydrazine groups is 1. The zero-order chi connectivity index (χ0) is 24.0. The van der Waals surface area contributed by atoms with Gasteiger partial charge in [0.05, 0.1) is 11.6 Å². The van der Waals surface area contributed by atoms with Gasteiger partial charge in [-0.15, -0.1) is 0 Å². The molecule has 178 valence electrons. The topological polar surface area (TPSA) is 153 Å². The van der Waals surface area contributed by atoms with E-state index in [0.29, 0.717) is 28.0 Å². The fourth-order valence-electron chi connectivity index (χ4n) is 5.13. The molecule has 1 aromatic carbocycles. The fourth-order valence-corrected chi connectivity index (χ4v) is 6.23. The number of thioether (sulfide) groups is 1. The number of halogens is 1. The van der Waals surface area contributed by atoms with Crippen LogP contribution in [0.5, 0.6) is 0 Å². The summed E-state index contributed by atoms with van der Waals surface area (Å²) in [7, 11) is 0. The molecule has 3 aliphatic rings. The van der Waals surface area contributed by atoms with E-state index < -0.39 is 5.91 Å². The molecule has 5 rings (SSSR count). The van der Waals surface area contributed by atoms with E-state index in [1.807, 2.05) is 18.3 Å². The lowest BCUT2D eigenvalue weighted by molar-refractivity contribution is -0.0391. The summed E-state index contributed by atoms with van der Waals surface area (Å²) in [5.74, 6) is 0.435. The number of aliphatic imine (C=N–C) groups is 1. The number of benzene rings is 1. The maximum atomic E-state index is 11.6. The maximum absolute atomic E-state index is 11.6. The van der Waals surface area contributed by atoms with Crippen molar-refractivity contribution in [3.05, 3.63) is 63.0 Å². The summed E-state index contributed by atoms with van der Waals surface area (Å²) in [6.45, 7) is 2.24. The highest BCUT2D eigenvalue weighted by Crippen LogP contribution is 2.51. The van der Waals surface area contributed by atoms with Gasteiger partial charge in [-0.1, -0.05) is 29.4 Å². The van der Waals surface area contributed by atoms with Gasteiger partial charge in [-0.25, -0.2) is 15.0 Å². The van der Waals surface area contributed by atoms with Crippen molar-refractivity contribution in [3.8, 4) is 0 Å². The lowest BCUT2D eigenvalue weighted by Gasteiger charge is -2.46. The number of aromatic nitrogens is 1. The number of hydrogen-bond acceptors (Lipinski definition) is 9. The summed E-state index contributed by atoms with van der Waals surface area (Å²) in [5.41, 5.74) is 27.3. The Labute approximate surface area is 207 Å². The molecule has 2 aliphatic heterocycles. The van der Waals surface area contributed by atoms with Crippen molar-refractivity contribution in [1.29, 1.82) is 0 Å². The number of hydrogen-bond donors (Lipinski definition) is 4. The van der Waals surface area contributed by atoms with Crippen LogP contribution in [0.1, 0.15) is 40.4 Å². The predicted octanol–water partition coefficient (Wildman–Crippen LogP) is 2.23. The van der Waals surface area contributed by atoms with Crippen molar-refractivity contribution in [2.45, 2.75) is 30.2 Å². The smallest absolute Gasteiger partial charge is 0.248 e. The van der Waals surface area contributed by atoms with Crippen molar-refractivity contribution in [3.63, 3.8) is 0 Å². The molecule has 0 unspecified atom stereocenters. The van der Waals surface area contributed by atoms with Crippen LogP contribution >= 0.6 is 23.4 Å². The van der Waals surface area contributed by atoms with Crippen LogP contribution in [-0.2, 0) is 6.42 Å². The van der Waals surface area contributed by atoms with Crippen LogP contribution in [0.15, 0.2) is 51.2 Å². The second kappa shape index (κ2) is 8.77. The van der Waals surface area contributed by atoms with Gasteiger partial charge >= 0.3 is 0 Å². The number of carbonyl (C=O) groups excluding carboxylic acids is 1. The van der Waals surface area contributed by atoms with Gasteiger partial charge in [0.25, 0.3) is 0 Å². The van der Waals surface area contributed by atoms with E-state index in [9.17, 15) is 4.79 Å². The van der Waals surface area contributed by atoms with Crippen LogP contribution in [0.3, 0.4) is 0 Å². The Morgan fingerprint density at radius 2 is 1.97 bits per heavy atom. The van der Waals surface area contributed by atoms with E-state index in [0.717, 1.165) is 42.8 Å². The molecule has 1 atom stereocenters. The number of piperidine rings is 1. The van der Waals surface area contributed by atoms with E-state index in [1.54, 1.807) is 18.3 Å². The molecule has 8 N–H and O–H groups in total. The quantitative estimate of drug-likeness (QED) is 0.500. The Hall–Kier alpha value is -2.79. The molecule has 11 heteroatoms. The second-order valence-electron chi connectivity index (χ2n) is 8.94. The number of amides is 1. The molecule has 0 saturated carbocycles. The Morgan fingerprint density at radius 1 is 1.21 bits per heavy atom. The van der Waals surface area contributed by atoms with Crippen LogP contribution in [0.4, 0.5) is 5.82 Å². The van der Waals surface area contributed by atoms with Crippen LogP contribution in [0.2, 0.25) is 5.02 Å². The molecule has 0 bridgehead atoms. The highest BCUT2D eigenvalue weighted by atomic mass is 35.5. The molecular weight excluding hydrogens is 472 g/mol. The van der Waals surface area contributed by atoms with Crippen LogP contribution in [-0.4, -0.2) is 46.8 Å². The third-order valence-electron chi connectivity index (χ3n) is 7.09. The average Bonchev–Trinajstić information content (AvgIpc) is 3.09.